The number of ether oxygens (including phenoxy) is 1. The topological polar surface area (TPSA) is 38.2 Å². The summed E-state index contributed by atoms with van der Waals surface area (Å²) in [6, 6.07) is 0. The van der Waals surface area contributed by atoms with Gasteiger partial charge in [0.05, 0.1) is 11.9 Å². The molecule has 1 fully saturated rings. The molecule has 1 atom stereocenters. The van der Waals surface area contributed by atoms with Crippen LogP contribution in [0.5, 0.6) is 5.88 Å². The molecule has 1 aromatic rings. The first-order chi connectivity index (χ1) is 8.95. The van der Waals surface area contributed by atoms with Crippen molar-refractivity contribution in [3.63, 3.8) is 0 Å². The molecule has 1 saturated heterocycles. The highest BCUT2D eigenvalue weighted by molar-refractivity contribution is 5.07. The Hall–Kier alpha value is -1.16. The highest BCUT2D eigenvalue weighted by Crippen LogP contribution is 2.22. The van der Waals surface area contributed by atoms with Crippen molar-refractivity contribution in [2.45, 2.75) is 58.6 Å². The van der Waals surface area contributed by atoms with Gasteiger partial charge in [-0.25, -0.2) is 4.98 Å². The molecule has 4 nitrogen and oxygen atoms in total. The first-order valence-electron chi connectivity index (χ1n) is 7.15. The van der Waals surface area contributed by atoms with Gasteiger partial charge in [-0.15, -0.1) is 0 Å². The fraction of sp³-hybridized carbons (Fsp3) is 0.733. The molecule has 1 aromatic heterocycles. The van der Waals surface area contributed by atoms with Crippen LogP contribution >= 0.6 is 0 Å². The molecule has 1 aliphatic heterocycles. The predicted octanol–water partition coefficient (Wildman–Crippen LogP) is 2.82. The number of aromatic nitrogens is 2. The molecular formula is C15H25N3O. The van der Waals surface area contributed by atoms with E-state index in [4.69, 9.17) is 4.74 Å². The van der Waals surface area contributed by atoms with Gasteiger partial charge >= 0.3 is 0 Å². The van der Waals surface area contributed by atoms with Gasteiger partial charge in [0, 0.05) is 18.3 Å². The van der Waals surface area contributed by atoms with Gasteiger partial charge in [0.15, 0.2) is 0 Å². The Morgan fingerprint density at radius 3 is 2.68 bits per heavy atom. The zero-order valence-corrected chi connectivity index (χ0v) is 12.5. The molecular weight excluding hydrogens is 238 g/mol. The maximum Gasteiger partial charge on any atom is 0.232 e. The SMILES string of the molecule is Cc1cncc(OC2CCCN(C(C)(C)C)CC2)n1. The Labute approximate surface area is 116 Å². The monoisotopic (exact) mass is 263 g/mol. The van der Waals surface area contributed by atoms with Crippen LogP contribution in [0.25, 0.3) is 0 Å². The van der Waals surface area contributed by atoms with Crippen molar-refractivity contribution in [1.82, 2.24) is 14.9 Å². The third kappa shape index (κ3) is 4.16. The van der Waals surface area contributed by atoms with E-state index in [1.54, 1.807) is 12.4 Å². The van der Waals surface area contributed by atoms with Crippen LogP contribution in [0.4, 0.5) is 0 Å². The average molecular weight is 263 g/mol. The molecule has 4 heteroatoms. The van der Waals surface area contributed by atoms with Crippen molar-refractivity contribution in [3.05, 3.63) is 18.1 Å². The van der Waals surface area contributed by atoms with Crippen LogP contribution in [0.15, 0.2) is 12.4 Å². The Kier molecular flexibility index (Phi) is 4.40. The van der Waals surface area contributed by atoms with Crippen LogP contribution in [0.1, 0.15) is 45.7 Å². The van der Waals surface area contributed by atoms with E-state index in [9.17, 15) is 0 Å². The number of nitrogens with zero attached hydrogens (tertiary/aromatic N) is 3. The molecule has 0 N–H and O–H groups in total. The van der Waals surface area contributed by atoms with E-state index >= 15 is 0 Å². The summed E-state index contributed by atoms with van der Waals surface area (Å²) in [6.45, 7) is 11.0. The average Bonchev–Trinajstić information content (AvgIpc) is 2.54. The summed E-state index contributed by atoms with van der Waals surface area (Å²) in [7, 11) is 0. The van der Waals surface area contributed by atoms with Gasteiger partial charge in [0.1, 0.15) is 6.10 Å². The summed E-state index contributed by atoms with van der Waals surface area (Å²) in [5.41, 5.74) is 1.15. The third-order valence-corrected chi connectivity index (χ3v) is 3.64. The Bertz CT molecular complexity index is 414. The molecule has 19 heavy (non-hydrogen) atoms. The summed E-state index contributed by atoms with van der Waals surface area (Å²) in [5, 5.41) is 0. The first-order valence-corrected chi connectivity index (χ1v) is 7.15. The van der Waals surface area contributed by atoms with Crippen molar-refractivity contribution in [3.8, 4) is 5.88 Å². The minimum Gasteiger partial charge on any atom is -0.473 e. The number of aryl methyl sites for hydroxylation is 1. The standard InChI is InChI=1S/C15H25N3O/c1-12-10-16-11-14(17-12)19-13-6-5-8-18(9-7-13)15(2,3)4/h10-11,13H,5-9H2,1-4H3. The summed E-state index contributed by atoms with van der Waals surface area (Å²) in [5.74, 6) is 0.661. The molecule has 0 bridgehead atoms. The minimum atomic E-state index is 0.248. The molecule has 0 spiro atoms. The second kappa shape index (κ2) is 5.87. The molecule has 1 aliphatic rings. The molecule has 0 amide bonds. The van der Waals surface area contributed by atoms with Gasteiger partial charge in [-0.3, -0.25) is 9.88 Å². The van der Waals surface area contributed by atoms with E-state index in [2.05, 4.69) is 35.6 Å². The van der Waals surface area contributed by atoms with E-state index in [1.807, 2.05) is 6.92 Å². The molecule has 2 heterocycles. The van der Waals surface area contributed by atoms with Crippen molar-refractivity contribution < 1.29 is 4.74 Å². The van der Waals surface area contributed by atoms with E-state index < -0.39 is 0 Å². The minimum absolute atomic E-state index is 0.248. The van der Waals surface area contributed by atoms with Crippen molar-refractivity contribution in [2.75, 3.05) is 13.1 Å². The number of hydrogen-bond acceptors (Lipinski definition) is 4. The predicted molar refractivity (Wildman–Crippen MR) is 76.4 cm³/mol. The molecule has 0 radical (unpaired) electrons. The Morgan fingerprint density at radius 2 is 2.00 bits per heavy atom. The van der Waals surface area contributed by atoms with E-state index in [0.29, 0.717) is 5.88 Å². The maximum absolute atomic E-state index is 5.98. The lowest BCUT2D eigenvalue weighted by Gasteiger charge is -2.34. The number of hydrogen-bond donors (Lipinski definition) is 0. The number of likely N-dealkylation sites (tertiary alicyclic amines) is 1. The largest absolute Gasteiger partial charge is 0.473 e. The van der Waals surface area contributed by atoms with Crippen molar-refractivity contribution in [1.29, 1.82) is 0 Å². The van der Waals surface area contributed by atoms with Crippen LogP contribution < -0.4 is 4.74 Å². The van der Waals surface area contributed by atoms with Crippen LogP contribution in [0.2, 0.25) is 0 Å². The van der Waals surface area contributed by atoms with Crippen LogP contribution in [0, 0.1) is 6.92 Å². The quantitative estimate of drug-likeness (QED) is 0.822. The summed E-state index contributed by atoms with van der Waals surface area (Å²) >= 11 is 0. The summed E-state index contributed by atoms with van der Waals surface area (Å²) in [6.07, 6.45) is 7.07. The van der Waals surface area contributed by atoms with Gasteiger partial charge in [-0.1, -0.05) is 0 Å². The van der Waals surface area contributed by atoms with Crippen molar-refractivity contribution >= 4 is 0 Å². The van der Waals surface area contributed by atoms with Gasteiger partial charge in [0.2, 0.25) is 5.88 Å². The normalized spacial score (nSPS) is 22.0. The summed E-state index contributed by atoms with van der Waals surface area (Å²) < 4.78 is 5.98. The lowest BCUT2D eigenvalue weighted by Crippen LogP contribution is -2.42. The molecule has 0 aromatic carbocycles. The lowest BCUT2D eigenvalue weighted by molar-refractivity contribution is 0.129. The molecule has 1 unspecified atom stereocenters. The van der Waals surface area contributed by atoms with Gasteiger partial charge in [-0.2, -0.15) is 0 Å². The number of rotatable bonds is 2. The Morgan fingerprint density at radius 1 is 1.21 bits per heavy atom. The fourth-order valence-electron chi connectivity index (χ4n) is 2.52. The van der Waals surface area contributed by atoms with E-state index in [-0.39, 0.29) is 11.6 Å². The smallest absolute Gasteiger partial charge is 0.232 e. The molecule has 0 aliphatic carbocycles. The molecule has 0 saturated carbocycles. The van der Waals surface area contributed by atoms with E-state index in [0.717, 1.165) is 31.6 Å². The van der Waals surface area contributed by atoms with Crippen LogP contribution in [0.3, 0.4) is 0 Å². The van der Waals surface area contributed by atoms with Crippen molar-refractivity contribution in [2.24, 2.45) is 0 Å². The van der Waals surface area contributed by atoms with Gasteiger partial charge in [-0.05, 0) is 53.5 Å². The maximum atomic E-state index is 5.98. The third-order valence-electron chi connectivity index (χ3n) is 3.64. The second-order valence-electron chi connectivity index (χ2n) is 6.33. The van der Waals surface area contributed by atoms with Crippen LogP contribution in [-0.4, -0.2) is 39.6 Å². The van der Waals surface area contributed by atoms with Gasteiger partial charge in [0.25, 0.3) is 0 Å². The first kappa shape index (κ1) is 14.3. The van der Waals surface area contributed by atoms with E-state index in [1.165, 1.54) is 6.42 Å². The highest BCUT2D eigenvalue weighted by atomic mass is 16.5. The highest BCUT2D eigenvalue weighted by Gasteiger charge is 2.25. The Balaban J connectivity index is 1.93. The zero-order valence-electron chi connectivity index (χ0n) is 12.5. The van der Waals surface area contributed by atoms with Crippen LogP contribution in [-0.2, 0) is 0 Å². The second-order valence-corrected chi connectivity index (χ2v) is 6.33. The zero-order chi connectivity index (χ0) is 13.9. The van der Waals surface area contributed by atoms with Gasteiger partial charge < -0.3 is 4.74 Å². The molecule has 2 rings (SSSR count). The summed E-state index contributed by atoms with van der Waals surface area (Å²) in [4.78, 5) is 11.0. The molecule has 106 valence electrons. The lowest BCUT2D eigenvalue weighted by atomic mass is 10.1. The fourth-order valence-corrected chi connectivity index (χ4v) is 2.52.